The Balaban J connectivity index is 0.00000161. The van der Waals surface area contributed by atoms with Crippen molar-refractivity contribution in [3.63, 3.8) is 0 Å². The molecule has 1 aromatic carbocycles. The van der Waals surface area contributed by atoms with E-state index in [2.05, 4.69) is 10.6 Å². The van der Waals surface area contributed by atoms with Gasteiger partial charge < -0.3 is 10.6 Å². The van der Waals surface area contributed by atoms with Gasteiger partial charge in [0.15, 0.2) is 0 Å². The Morgan fingerprint density at radius 3 is 2.71 bits per heavy atom. The van der Waals surface area contributed by atoms with E-state index < -0.39 is 0 Å². The van der Waals surface area contributed by atoms with Crippen molar-refractivity contribution in [3.8, 4) is 0 Å². The van der Waals surface area contributed by atoms with E-state index in [9.17, 15) is 4.79 Å². The first-order valence-corrected chi connectivity index (χ1v) is 8.11. The number of piperidine rings is 1. The van der Waals surface area contributed by atoms with Crippen LogP contribution in [0.1, 0.15) is 22.5 Å². The second kappa shape index (κ2) is 7.16. The smallest absolute Gasteiger partial charge is 0.263 e. The molecule has 0 aliphatic carbocycles. The largest absolute Gasteiger partial charge is 0.348 e. The molecule has 0 radical (unpaired) electrons. The summed E-state index contributed by atoms with van der Waals surface area (Å²) >= 11 is 13.7. The zero-order valence-electron chi connectivity index (χ0n) is 11.1. The maximum Gasteiger partial charge on any atom is 0.263 e. The van der Waals surface area contributed by atoms with E-state index in [1.165, 1.54) is 11.3 Å². The highest BCUT2D eigenvalue weighted by Gasteiger charge is 2.21. The Kier molecular flexibility index (Phi) is 5.74. The molecule has 2 aromatic rings. The number of hydrogen-bond acceptors (Lipinski definition) is 3. The predicted molar refractivity (Wildman–Crippen MR) is 92.5 cm³/mol. The summed E-state index contributed by atoms with van der Waals surface area (Å²) in [7, 11) is 0. The summed E-state index contributed by atoms with van der Waals surface area (Å²) in [6.45, 7) is 1.89. The maximum absolute atomic E-state index is 12.3. The van der Waals surface area contributed by atoms with Crippen LogP contribution in [-0.2, 0) is 0 Å². The van der Waals surface area contributed by atoms with Gasteiger partial charge in [0.05, 0.1) is 5.02 Å². The van der Waals surface area contributed by atoms with Crippen LogP contribution in [0, 0.1) is 0 Å². The van der Waals surface area contributed by atoms with Crippen LogP contribution in [0.25, 0.3) is 10.1 Å². The van der Waals surface area contributed by atoms with Gasteiger partial charge in [0.1, 0.15) is 4.88 Å². The fourth-order valence-corrected chi connectivity index (χ4v) is 4.10. The minimum absolute atomic E-state index is 0. The van der Waals surface area contributed by atoms with Crippen molar-refractivity contribution in [1.82, 2.24) is 10.6 Å². The second-order valence-electron chi connectivity index (χ2n) is 4.88. The SMILES string of the molecule is Cl.O=C(NC1CCNCC1)c1sc2cc(Cl)ccc2c1Cl. The Morgan fingerprint density at radius 1 is 1.29 bits per heavy atom. The lowest BCUT2D eigenvalue weighted by Gasteiger charge is -2.23. The Labute approximate surface area is 143 Å². The van der Waals surface area contributed by atoms with Gasteiger partial charge in [-0.05, 0) is 38.1 Å². The lowest BCUT2D eigenvalue weighted by Crippen LogP contribution is -2.42. The van der Waals surface area contributed by atoms with Gasteiger partial charge in [-0.1, -0.05) is 29.3 Å². The van der Waals surface area contributed by atoms with Gasteiger partial charge in [-0.25, -0.2) is 0 Å². The van der Waals surface area contributed by atoms with Gasteiger partial charge in [-0.3, -0.25) is 4.79 Å². The molecular formula is C14H15Cl3N2OS. The second-order valence-corrected chi connectivity index (χ2v) is 6.75. The van der Waals surface area contributed by atoms with Gasteiger partial charge in [0, 0.05) is 21.2 Å². The quantitative estimate of drug-likeness (QED) is 0.841. The topological polar surface area (TPSA) is 41.1 Å². The molecule has 1 aliphatic heterocycles. The number of hydrogen-bond donors (Lipinski definition) is 2. The van der Waals surface area contributed by atoms with Crippen LogP contribution in [0.3, 0.4) is 0 Å². The molecule has 114 valence electrons. The molecule has 3 nitrogen and oxygen atoms in total. The summed E-state index contributed by atoms with van der Waals surface area (Å²) < 4.78 is 0.943. The highest BCUT2D eigenvalue weighted by atomic mass is 35.5. The van der Waals surface area contributed by atoms with Crippen molar-refractivity contribution in [2.24, 2.45) is 0 Å². The number of carbonyl (C=O) groups is 1. The molecule has 1 amide bonds. The fourth-order valence-electron chi connectivity index (χ4n) is 2.40. The molecular weight excluding hydrogens is 351 g/mol. The number of rotatable bonds is 2. The molecule has 1 saturated heterocycles. The van der Waals surface area contributed by atoms with Crippen molar-refractivity contribution in [1.29, 1.82) is 0 Å². The molecule has 3 rings (SSSR count). The van der Waals surface area contributed by atoms with Crippen molar-refractivity contribution < 1.29 is 4.79 Å². The lowest BCUT2D eigenvalue weighted by molar-refractivity contribution is 0.0934. The molecule has 0 bridgehead atoms. The third-order valence-corrected chi connectivity index (χ3v) is 5.36. The van der Waals surface area contributed by atoms with Crippen LogP contribution < -0.4 is 10.6 Å². The van der Waals surface area contributed by atoms with Gasteiger partial charge in [0.25, 0.3) is 5.91 Å². The first-order chi connectivity index (χ1) is 9.65. The summed E-state index contributed by atoms with van der Waals surface area (Å²) in [6.07, 6.45) is 1.92. The molecule has 1 aliphatic rings. The van der Waals surface area contributed by atoms with E-state index in [0.29, 0.717) is 14.9 Å². The van der Waals surface area contributed by atoms with E-state index >= 15 is 0 Å². The lowest BCUT2D eigenvalue weighted by atomic mass is 10.1. The average Bonchev–Trinajstić information content (AvgIpc) is 2.76. The minimum atomic E-state index is -0.0841. The van der Waals surface area contributed by atoms with Gasteiger partial charge in [0.2, 0.25) is 0 Å². The molecule has 7 heteroatoms. The zero-order valence-corrected chi connectivity index (χ0v) is 14.3. The number of benzene rings is 1. The predicted octanol–water partition coefficient (Wildman–Crippen LogP) is 4.11. The number of carbonyl (C=O) groups excluding carboxylic acids is 1. The summed E-state index contributed by atoms with van der Waals surface area (Å²) in [4.78, 5) is 12.9. The average molecular weight is 366 g/mol. The molecule has 2 heterocycles. The molecule has 0 atom stereocenters. The number of fused-ring (bicyclic) bond motifs is 1. The first-order valence-electron chi connectivity index (χ1n) is 6.54. The van der Waals surface area contributed by atoms with Crippen molar-refractivity contribution in [3.05, 3.63) is 33.1 Å². The zero-order chi connectivity index (χ0) is 14.1. The molecule has 1 aromatic heterocycles. The number of halogens is 3. The van der Waals surface area contributed by atoms with Crippen LogP contribution in [0.4, 0.5) is 0 Å². The highest BCUT2D eigenvalue weighted by Crippen LogP contribution is 2.36. The van der Waals surface area contributed by atoms with E-state index in [1.54, 1.807) is 6.07 Å². The maximum atomic E-state index is 12.3. The van der Waals surface area contributed by atoms with Crippen LogP contribution in [0.15, 0.2) is 18.2 Å². The van der Waals surface area contributed by atoms with E-state index in [4.69, 9.17) is 23.2 Å². The van der Waals surface area contributed by atoms with Gasteiger partial charge in [-0.15, -0.1) is 23.7 Å². The van der Waals surface area contributed by atoms with Crippen LogP contribution in [0.5, 0.6) is 0 Å². The Morgan fingerprint density at radius 2 is 2.00 bits per heavy atom. The highest BCUT2D eigenvalue weighted by molar-refractivity contribution is 7.21. The normalized spacial score (nSPS) is 15.7. The molecule has 21 heavy (non-hydrogen) atoms. The molecule has 1 fully saturated rings. The van der Waals surface area contributed by atoms with Crippen molar-refractivity contribution >= 4 is 62.9 Å². The van der Waals surface area contributed by atoms with Gasteiger partial charge >= 0.3 is 0 Å². The van der Waals surface area contributed by atoms with Crippen LogP contribution in [0.2, 0.25) is 10.0 Å². The molecule has 0 unspecified atom stereocenters. The summed E-state index contributed by atoms with van der Waals surface area (Å²) in [5, 5.41) is 8.40. The van der Waals surface area contributed by atoms with E-state index in [1.807, 2.05) is 12.1 Å². The van der Waals surface area contributed by atoms with Crippen molar-refractivity contribution in [2.75, 3.05) is 13.1 Å². The first kappa shape index (κ1) is 16.8. The number of amides is 1. The Hall–Kier alpha value is -0.520. The number of thiophene rings is 1. The minimum Gasteiger partial charge on any atom is -0.348 e. The summed E-state index contributed by atoms with van der Waals surface area (Å²) in [5.41, 5.74) is 0. The molecule has 0 saturated carbocycles. The third kappa shape index (κ3) is 3.63. The van der Waals surface area contributed by atoms with E-state index in [0.717, 1.165) is 36.0 Å². The number of nitrogens with one attached hydrogen (secondary N) is 2. The standard InChI is InChI=1S/C14H14Cl2N2OS.ClH/c15-8-1-2-10-11(7-8)20-13(12(10)16)14(19)18-9-3-5-17-6-4-9;/h1-2,7,9,17H,3-6H2,(H,18,19);1H. The molecule has 2 N–H and O–H groups in total. The van der Waals surface area contributed by atoms with E-state index in [-0.39, 0.29) is 24.4 Å². The van der Waals surface area contributed by atoms with Crippen LogP contribution in [-0.4, -0.2) is 25.0 Å². The fraction of sp³-hybridized carbons (Fsp3) is 0.357. The molecule has 0 spiro atoms. The van der Waals surface area contributed by atoms with Gasteiger partial charge in [-0.2, -0.15) is 0 Å². The summed E-state index contributed by atoms with van der Waals surface area (Å²) in [6, 6.07) is 5.72. The monoisotopic (exact) mass is 364 g/mol. The summed E-state index contributed by atoms with van der Waals surface area (Å²) in [5.74, 6) is -0.0841. The third-order valence-electron chi connectivity index (χ3n) is 3.47. The van der Waals surface area contributed by atoms with Crippen molar-refractivity contribution in [2.45, 2.75) is 18.9 Å². The van der Waals surface area contributed by atoms with Crippen LogP contribution >= 0.6 is 46.9 Å². The Bertz CT molecular complexity index is 653.